The van der Waals surface area contributed by atoms with Gasteiger partial charge in [0.15, 0.2) is 0 Å². The molecule has 2 fully saturated rings. The maximum absolute atomic E-state index is 10.5. The predicted molar refractivity (Wildman–Crippen MR) is 110 cm³/mol. The van der Waals surface area contributed by atoms with Crippen LogP contribution in [0.25, 0.3) is 5.69 Å². The maximum atomic E-state index is 10.5. The molecule has 0 radical (unpaired) electrons. The average molecular weight is 404 g/mol. The second-order valence-corrected chi connectivity index (χ2v) is 8.85. The van der Waals surface area contributed by atoms with Gasteiger partial charge in [0.05, 0.1) is 18.9 Å². The summed E-state index contributed by atoms with van der Waals surface area (Å²) in [5.41, 5.74) is 1.07. The molecule has 28 heavy (non-hydrogen) atoms. The number of aromatic nitrogens is 3. The zero-order valence-corrected chi connectivity index (χ0v) is 17.2. The quantitative estimate of drug-likeness (QED) is 0.689. The van der Waals surface area contributed by atoms with Crippen LogP contribution in [0.2, 0.25) is 0 Å². The van der Waals surface area contributed by atoms with Gasteiger partial charge in [-0.1, -0.05) is 49.2 Å². The third kappa shape index (κ3) is 5.14. The van der Waals surface area contributed by atoms with E-state index in [9.17, 15) is 5.11 Å². The molecule has 7 heteroatoms. The van der Waals surface area contributed by atoms with Crippen molar-refractivity contribution in [1.82, 2.24) is 14.8 Å². The van der Waals surface area contributed by atoms with Crippen molar-refractivity contribution in [2.45, 2.75) is 49.3 Å². The molecule has 2 aliphatic rings. The largest absolute Gasteiger partial charge is 0.386 e. The Morgan fingerprint density at radius 2 is 1.89 bits per heavy atom. The van der Waals surface area contributed by atoms with Crippen molar-refractivity contribution in [1.29, 1.82) is 0 Å². The van der Waals surface area contributed by atoms with Crippen molar-refractivity contribution in [3.05, 3.63) is 36.2 Å². The number of thioether (sulfide) groups is 1. The van der Waals surface area contributed by atoms with E-state index in [2.05, 4.69) is 12.1 Å². The highest BCUT2D eigenvalue weighted by Crippen LogP contribution is 2.33. The van der Waals surface area contributed by atoms with Crippen LogP contribution in [0.3, 0.4) is 0 Å². The minimum Gasteiger partial charge on any atom is -0.386 e. The maximum Gasteiger partial charge on any atom is 0.209 e. The molecule has 1 aliphatic carbocycles. The first-order valence-corrected chi connectivity index (χ1v) is 11.5. The van der Waals surface area contributed by atoms with E-state index >= 15 is 0 Å². The number of nitrogens with zero attached hydrogens (tertiary/aromatic N) is 3. The van der Waals surface area contributed by atoms with Gasteiger partial charge in [-0.25, -0.2) is 9.67 Å². The Balaban J connectivity index is 1.44. The van der Waals surface area contributed by atoms with Gasteiger partial charge in [0.25, 0.3) is 0 Å². The van der Waals surface area contributed by atoms with E-state index < -0.39 is 0 Å². The number of ether oxygens (including phenoxy) is 1. The summed E-state index contributed by atoms with van der Waals surface area (Å²) >= 11 is 1.57. The van der Waals surface area contributed by atoms with Crippen LogP contribution in [0.15, 0.2) is 35.5 Å². The Bertz CT molecular complexity index is 727. The topological polar surface area (TPSA) is 64.6 Å². The Morgan fingerprint density at radius 3 is 2.64 bits per heavy atom. The third-order valence-corrected chi connectivity index (χ3v) is 6.70. The number of hydrogen-bond donors (Lipinski definition) is 2. The highest BCUT2D eigenvalue weighted by Gasteiger charge is 2.24. The lowest BCUT2D eigenvalue weighted by atomic mass is 9.88. The highest BCUT2D eigenvalue weighted by atomic mass is 32.2. The van der Waals surface area contributed by atoms with Gasteiger partial charge in [0.1, 0.15) is 31.6 Å². The van der Waals surface area contributed by atoms with Gasteiger partial charge in [-0.2, -0.15) is 0 Å². The number of rotatable bonds is 7. The summed E-state index contributed by atoms with van der Waals surface area (Å²) in [4.78, 5) is 6.33. The average Bonchev–Trinajstić information content (AvgIpc) is 3.19. The molecule has 0 unspecified atom stereocenters. The minimum atomic E-state index is -0.347. The van der Waals surface area contributed by atoms with Gasteiger partial charge < -0.3 is 14.7 Å². The van der Waals surface area contributed by atoms with Crippen LogP contribution in [0, 0.1) is 0 Å². The molecule has 0 spiro atoms. The Labute approximate surface area is 171 Å². The monoisotopic (exact) mass is 403 g/mol. The summed E-state index contributed by atoms with van der Waals surface area (Å²) in [5, 5.41) is 16.0. The van der Waals surface area contributed by atoms with Gasteiger partial charge in [0.2, 0.25) is 5.16 Å². The number of para-hydroxylation sites is 1. The third-order valence-electron chi connectivity index (χ3n) is 5.71. The number of morpholine rings is 1. The minimum absolute atomic E-state index is 0.347. The van der Waals surface area contributed by atoms with E-state index in [0.717, 1.165) is 49.5 Å². The van der Waals surface area contributed by atoms with Crippen molar-refractivity contribution in [2.75, 3.05) is 38.6 Å². The number of benzene rings is 1. The Morgan fingerprint density at radius 1 is 1.14 bits per heavy atom. The van der Waals surface area contributed by atoms with E-state index in [1.54, 1.807) is 11.8 Å². The number of quaternary nitrogens is 1. The molecule has 0 amide bonds. The summed E-state index contributed by atoms with van der Waals surface area (Å²) in [7, 11) is 0. The molecule has 6 nitrogen and oxygen atoms in total. The lowest BCUT2D eigenvalue weighted by Crippen LogP contribution is -3.15. The molecule has 1 aromatic heterocycles. The van der Waals surface area contributed by atoms with Crippen molar-refractivity contribution in [2.24, 2.45) is 0 Å². The first-order chi connectivity index (χ1) is 13.8. The second-order valence-electron chi connectivity index (χ2n) is 7.87. The summed E-state index contributed by atoms with van der Waals surface area (Å²) in [6.07, 6.45) is 5.91. The molecule has 1 aromatic carbocycles. The molecular weight excluding hydrogens is 372 g/mol. The normalized spacial score (nSPS) is 20.3. The van der Waals surface area contributed by atoms with Crippen molar-refractivity contribution in [3.8, 4) is 5.69 Å². The smallest absolute Gasteiger partial charge is 0.209 e. The van der Waals surface area contributed by atoms with Gasteiger partial charge >= 0.3 is 0 Å². The summed E-state index contributed by atoms with van der Waals surface area (Å²) < 4.78 is 7.42. The van der Waals surface area contributed by atoms with E-state index in [1.807, 2.05) is 22.9 Å². The van der Waals surface area contributed by atoms with Crippen LogP contribution in [0.1, 0.15) is 43.8 Å². The van der Waals surface area contributed by atoms with Gasteiger partial charge in [0, 0.05) is 11.7 Å². The number of hydrogen-bond acceptors (Lipinski definition) is 5. The summed E-state index contributed by atoms with van der Waals surface area (Å²) in [6, 6.07) is 10.3. The van der Waals surface area contributed by atoms with E-state index in [4.69, 9.17) is 14.8 Å². The Kier molecular flexibility index (Phi) is 7.01. The molecule has 1 saturated carbocycles. The SMILES string of the molecule is O[C@@H](CSc1nc(C2CCCCC2)n(-c2ccccc2)n1)C[NH+]1CCOCC1. The lowest BCUT2D eigenvalue weighted by molar-refractivity contribution is -0.910. The number of aliphatic hydroxyl groups is 1. The molecule has 1 aliphatic heterocycles. The van der Waals surface area contributed by atoms with Crippen LogP contribution in [-0.2, 0) is 4.74 Å². The first kappa shape index (κ1) is 19.9. The molecular formula is C21H31N4O2S+. The molecule has 0 bridgehead atoms. The van der Waals surface area contributed by atoms with E-state index in [1.165, 1.54) is 37.0 Å². The summed E-state index contributed by atoms with van der Waals surface area (Å²) in [6.45, 7) is 4.32. The van der Waals surface area contributed by atoms with Crippen LogP contribution < -0.4 is 4.90 Å². The van der Waals surface area contributed by atoms with Crippen LogP contribution in [0.4, 0.5) is 0 Å². The van der Waals surface area contributed by atoms with Crippen LogP contribution in [0.5, 0.6) is 0 Å². The van der Waals surface area contributed by atoms with E-state index in [-0.39, 0.29) is 6.10 Å². The Hall–Kier alpha value is -1.41. The zero-order chi connectivity index (χ0) is 19.2. The number of aliphatic hydroxyl groups excluding tert-OH is 1. The molecule has 1 atom stereocenters. The van der Waals surface area contributed by atoms with Crippen molar-refractivity contribution in [3.63, 3.8) is 0 Å². The number of nitrogens with one attached hydrogen (secondary N) is 1. The van der Waals surface area contributed by atoms with Gasteiger partial charge in [-0.15, -0.1) is 5.10 Å². The van der Waals surface area contributed by atoms with Crippen LogP contribution in [-0.4, -0.2) is 64.6 Å². The fraction of sp³-hybridized carbons (Fsp3) is 0.619. The molecule has 1 saturated heterocycles. The van der Waals surface area contributed by atoms with E-state index in [0.29, 0.717) is 11.7 Å². The fourth-order valence-corrected chi connectivity index (χ4v) is 4.93. The molecule has 2 heterocycles. The van der Waals surface area contributed by atoms with Crippen molar-refractivity contribution >= 4 is 11.8 Å². The molecule has 152 valence electrons. The molecule has 2 N–H and O–H groups in total. The lowest BCUT2D eigenvalue weighted by Gasteiger charge is -2.25. The summed E-state index contributed by atoms with van der Waals surface area (Å²) in [5.74, 6) is 2.20. The molecule has 4 rings (SSSR count). The van der Waals surface area contributed by atoms with Gasteiger partial charge in [-0.3, -0.25) is 0 Å². The van der Waals surface area contributed by atoms with Crippen molar-refractivity contribution < 1.29 is 14.7 Å². The standard InChI is InChI=1S/C21H30N4O2S/c26-19(15-24-11-13-27-14-12-24)16-28-21-22-20(17-7-3-1-4-8-17)25(23-21)18-9-5-2-6-10-18/h2,5-6,9-10,17,19,26H,1,3-4,7-8,11-16H2/p+1/t19-/m1/s1. The zero-order valence-electron chi connectivity index (χ0n) is 16.4. The van der Waals surface area contributed by atoms with Crippen LogP contribution >= 0.6 is 11.8 Å². The predicted octanol–water partition coefficient (Wildman–Crippen LogP) is 1.68. The molecule has 2 aromatic rings. The first-order valence-electron chi connectivity index (χ1n) is 10.5. The second kappa shape index (κ2) is 9.87. The van der Waals surface area contributed by atoms with Gasteiger partial charge in [-0.05, 0) is 25.0 Å². The highest BCUT2D eigenvalue weighted by molar-refractivity contribution is 7.99. The fourth-order valence-electron chi connectivity index (χ4n) is 4.18.